The molecule has 0 aromatic heterocycles. The maximum Gasteiger partial charge on any atom is 0.0776 e. The second-order valence-corrected chi connectivity index (χ2v) is 4.23. The Kier molecular flexibility index (Phi) is 5.40. The van der Waals surface area contributed by atoms with Crippen LogP contribution < -0.4 is 0 Å². The molecule has 1 rings (SSSR count). The Morgan fingerprint density at radius 1 is 1.40 bits per heavy atom. The van der Waals surface area contributed by atoms with Crippen molar-refractivity contribution in [1.29, 1.82) is 0 Å². The summed E-state index contributed by atoms with van der Waals surface area (Å²) in [7, 11) is 1.57. The van der Waals surface area contributed by atoms with Gasteiger partial charge in [-0.05, 0) is 36.6 Å². The zero-order chi connectivity index (χ0) is 11.3. The van der Waals surface area contributed by atoms with Crippen molar-refractivity contribution in [2.24, 2.45) is 0 Å². The van der Waals surface area contributed by atoms with Gasteiger partial charge in [0, 0.05) is 17.2 Å². The molecule has 0 aliphatic rings. The average Bonchev–Trinajstić information content (AvgIpc) is 2.20. The minimum absolute atomic E-state index is 0.345. The van der Waals surface area contributed by atoms with Crippen LogP contribution in [0.25, 0.3) is 0 Å². The summed E-state index contributed by atoms with van der Waals surface area (Å²) in [5, 5.41) is 10.8. The molecule has 4 heteroatoms. The van der Waals surface area contributed by atoms with Crippen molar-refractivity contribution < 1.29 is 9.84 Å². The van der Waals surface area contributed by atoms with E-state index in [1.54, 1.807) is 19.2 Å². The largest absolute Gasteiger partial charge is 0.391 e. The number of aryl methyl sites for hydroxylation is 1. The molecule has 0 aliphatic heterocycles. The van der Waals surface area contributed by atoms with Gasteiger partial charge in [0.25, 0.3) is 0 Å². The predicted octanol–water partition coefficient (Wildman–Crippen LogP) is 2.93. The van der Waals surface area contributed by atoms with Gasteiger partial charge in [-0.2, -0.15) is 0 Å². The van der Waals surface area contributed by atoms with E-state index in [4.69, 9.17) is 27.9 Å². The molecule has 1 unspecified atom stereocenters. The molecular weight excluding hydrogens is 235 g/mol. The second-order valence-electron chi connectivity index (χ2n) is 3.38. The van der Waals surface area contributed by atoms with E-state index in [-0.39, 0.29) is 0 Å². The Labute approximate surface area is 99.8 Å². The highest BCUT2D eigenvalue weighted by atomic mass is 35.5. The van der Waals surface area contributed by atoms with Gasteiger partial charge in [-0.1, -0.05) is 23.2 Å². The summed E-state index contributed by atoms with van der Waals surface area (Å²) in [5.74, 6) is 0. The van der Waals surface area contributed by atoms with Gasteiger partial charge in [-0.15, -0.1) is 0 Å². The van der Waals surface area contributed by atoms with E-state index in [2.05, 4.69) is 0 Å². The number of rotatable bonds is 5. The van der Waals surface area contributed by atoms with E-state index >= 15 is 0 Å². The van der Waals surface area contributed by atoms with Crippen LogP contribution in [0, 0.1) is 0 Å². The number of hydrogen-bond donors (Lipinski definition) is 1. The van der Waals surface area contributed by atoms with Crippen LogP contribution in [0.4, 0.5) is 0 Å². The summed E-state index contributed by atoms with van der Waals surface area (Å²) in [6, 6.07) is 5.34. The maximum atomic E-state index is 9.47. The number of hydrogen-bond acceptors (Lipinski definition) is 2. The van der Waals surface area contributed by atoms with E-state index in [0.29, 0.717) is 29.5 Å². The van der Waals surface area contributed by atoms with Crippen LogP contribution in [0.5, 0.6) is 0 Å². The van der Waals surface area contributed by atoms with Crippen molar-refractivity contribution in [3.05, 3.63) is 33.8 Å². The van der Waals surface area contributed by atoms with Gasteiger partial charge in [-0.25, -0.2) is 0 Å². The van der Waals surface area contributed by atoms with Crippen molar-refractivity contribution in [3.8, 4) is 0 Å². The Hall–Kier alpha value is -0.280. The number of methoxy groups -OCH3 is 1. The fourth-order valence-electron chi connectivity index (χ4n) is 1.33. The van der Waals surface area contributed by atoms with E-state index in [1.807, 2.05) is 6.07 Å². The van der Waals surface area contributed by atoms with Gasteiger partial charge < -0.3 is 9.84 Å². The molecule has 0 spiro atoms. The average molecular weight is 249 g/mol. The number of aliphatic hydroxyl groups is 1. The molecule has 1 aromatic carbocycles. The molecule has 0 saturated carbocycles. The molecule has 0 saturated heterocycles. The fraction of sp³-hybridized carbons (Fsp3) is 0.455. The first kappa shape index (κ1) is 12.8. The second kappa shape index (κ2) is 6.33. The maximum absolute atomic E-state index is 9.47. The molecule has 0 aliphatic carbocycles. The predicted molar refractivity (Wildman–Crippen MR) is 62.7 cm³/mol. The van der Waals surface area contributed by atoms with Crippen LogP contribution in [-0.2, 0) is 11.2 Å². The minimum Gasteiger partial charge on any atom is -0.391 e. The van der Waals surface area contributed by atoms with Gasteiger partial charge >= 0.3 is 0 Å². The summed E-state index contributed by atoms with van der Waals surface area (Å²) in [6.07, 6.45) is 0.864. The van der Waals surface area contributed by atoms with E-state index < -0.39 is 6.10 Å². The van der Waals surface area contributed by atoms with Crippen LogP contribution in [0.1, 0.15) is 12.0 Å². The smallest absolute Gasteiger partial charge is 0.0776 e. The van der Waals surface area contributed by atoms with Crippen LogP contribution in [-0.4, -0.2) is 24.9 Å². The van der Waals surface area contributed by atoms with E-state index in [9.17, 15) is 5.11 Å². The Morgan fingerprint density at radius 3 is 2.80 bits per heavy atom. The van der Waals surface area contributed by atoms with Crippen molar-refractivity contribution >= 4 is 23.2 Å². The van der Waals surface area contributed by atoms with Gasteiger partial charge in [0.2, 0.25) is 0 Å². The van der Waals surface area contributed by atoms with Crippen molar-refractivity contribution in [3.63, 3.8) is 0 Å². The van der Waals surface area contributed by atoms with Gasteiger partial charge in [-0.3, -0.25) is 0 Å². The van der Waals surface area contributed by atoms with Crippen LogP contribution in [0.3, 0.4) is 0 Å². The normalized spacial score (nSPS) is 12.8. The highest BCUT2D eigenvalue weighted by molar-refractivity contribution is 6.33. The Bertz CT molecular complexity index is 315. The molecule has 2 nitrogen and oxygen atoms in total. The summed E-state index contributed by atoms with van der Waals surface area (Å²) in [5.41, 5.74) is 0.958. The fourth-order valence-corrected chi connectivity index (χ4v) is 1.74. The molecule has 0 radical (unpaired) electrons. The van der Waals surface area contributed by atoms with Gasteiger partial charge in [0.05, 0.1) is 12.7 Å². The lowest BCUT2D eigenvalue weighted by Gasteiger charge is -2.10. The van der Waals surface area contributed by atoms with Crippen molar-refractivity contribution in [2.45, 2.75) is 18.9 Å². The Morgan fingerprint density at radius 2 is 2.13 bits per heavy atom. The molecule has 0 amide bonds. The third kappa shape index (κ3) is 4.39. The number of ether oxygens (including phenoxy) is 1. The summed E-state index contributed by atoms with van der Waals surface area (Å²) >= 11 is 11.8. The van der Waals surface area contributed by atoms with Gasteiger partial charge in [0.15, 0.2) is 0 Å². The minimum atomic E-state index is -0.454. The lowest BCUT2D eigenvalue weighted by atomic mass is 10.1. The third-order valence-corrected chi connectivity index (χ3v) is 2.72. The molecular formula is C11H14Cl2O2. The molecule has 0 heterocycles. The molecule has 1 atom stereocenters. The number of aliphatic hydroxyl groups excluding tert-OH is 1. The molecule has 1 N–H and O–H groups in total. The number of halogens is 2. The summed E-state index contributed by atoms with van der Waals surface area (Å²) < 4.78 is 4.84. The first-order chi connectivity index (χ1) is 7.13. The topological polar surface area (TPSA) is 29.5 Å². The first-order valence-corrected chi connectivity index (χ1v) is 5.50. The molecule has 0 fully saturated rings. The third-order valence-electron chi connectivity index (χ3n) is 2.11. The first-order valence-electron chi connectivity index (χ1n) is 4.74. The highest BCUT2D eigenvalue weighted by Crippen LogP contribution is 2.22. The summed E-state index contributed by atoms with van der Waals surface area (Å²) in [6.45, 7) is 0.345. The van der Waals surface area contributed by atoms with Gasteiger partial charge in [0.1, 0.15) is 0 Å². The highest BCUT2D eigenvalue weighted by Gasteiger charge is 2.06. The zero-order valence-corrected chi connectivity index (χ0v) is 10.1. The molecule has 1 aromatic rings. The number of benzene rings is 1. The van der Waals surface area contributed by atoms with E-state index in [1.165, 1.54) is 0 Å². The quantitative estimate of drug-likeness (QED) is 0.869. The molecule has 84 valence electrons. The SMILES string of the molecule is COCC(O)CCc1cc(Cl)ccc1Cl. The van der Waals surface area contributed by atoms with Crippen LogP contribution >= 0.6 is 23.2 Å². The molecule has 0 bridgehead atoms. The van der Waals surface area contributed by atoms with Crippen molar-refractivity contribution in [1.82, 2.24) is 0 Å². The lowest BCUT2D eigenvalue weighted by molar-refractivity contribution is 0.0595. The lowest BCUT2D eigenvalue weighted by Crippen LogP contribution is -2.14. The standard InChI is InChI=1S/C11H14Cl2O2/c1-15-7-10(14)4-2-8-6-9(12)3-5-11(8)13/h3,5-6,10,14H,2,4,7H2,1H3. The Balaban J connectivity index is 2.53. The summed E-state index contributed by atoms with van der Waals surface area (Å²) in [4.78, 5) is 0. The monoisotopic (exact) mass is 248 g/mol. The zero-order valence-electron chi connectivity index (χ0n) is 8.54. The van der Waals surface area contributed by atoms with Crippen LogP contribution in [0.15, 0.2) is 18.2 Å². The van der Waals surface area contributed by atoms with E-state index in [0.717, 1.165) is 5.56 Å². The van der Waals surface area contributed by atoms with Crippen LogP contribution in [0.2, 0.25) is 10.0 Å². The molecule has 15 heavy (non-hydrogen) atoms. The van der Waals surface area contributed by atoms with Crippen molar-refractivity contribution in [2.75, 3.05) is 13.7 Å².